The first kappa shape index (κ1) is 21.0. The fourth-order valence-electron chi connectivity index (χ4n) is 2.93. The molecule has 2 aromatic heterocycles. The molecule has 0 amide bonds. The number of phenolic OH excluding ortho intramolecular Hbond substituents is 1. The third-order valence-corrected chi connectivity index (χ3v) is 6.13. The van der Waals surface area contributed by atoms with Gasteiger partial charge < -0.3 is 5.11 Å². The normalized spacial score (nSPS) is 11.9. The van der Waals surface area contributed by atoms with Crippen molar-refractivity contribution in [3.8, 4) is 17.0 Å². The summed E-state index contributed by atoms with van der Waals surface area (Å²) in [6.07, 6.45) is -2.33. The molecule has 0 aliphatic rings. The SMILES string of the molecule is Cc1ccc2c(c1)cc(-c1cnc(C(F)(F)F)nc1)n2Sc1cc(Br)cc(Cl)c1O. The van der Waals surface area contributed by atoms with E-state index < -0.39 is 12.0 Å². The minimum Gasteiger partial charge on any atom is -0.505 e. The number of hydrogen-bond acceptors (Lipinski definition) is 4. The van der Waals surface area contributed by atoms with E-state index in [1.54, 1.807) is 16.1 Å². The molecule has 0 aliphatic carbocycles. The molecule has 0 radical (unpaired) electrons. The molecule has 4 nitrogen and oxygen atoms in total. The molecular weight excluding hydrogens is 503 g/mol. The summed E-state index contributed by atoms with van der Waals surface area (Å²) >= 11 is 10.6. The second kappa shape index (κ2) is 7.79. The Morgan fingerprint density at radius 1 is 1.10 bits per heavy atom. The zero-order valence-corrected chi connectivity index (χ0v) is 18.4. The van der Waals surface area contributed by atoms with Crippen molar-refractivity contribution in [1.82, 2.24) is 13.9 Å². The van der Waals surface area contributed by atoms with Crippen molar-refractivity contribution in [2.24, 2.45) is 0 Å². The maximum Gasteiger partial charge on any atom is 0.451 e. The van der Waals surface area contributed by atoms with Gasteiger partial charge in [-0.3, -0.25) is 3.97 Å². The van der Waals surface area contributed by atoms with Gasteiger partial charge in [-0.2, -0.15) is 13.2 Å². The van der Waals surface area contributed by atoms with E-state index >= 15 is 0 Å². The van der Waals surface area contributed by atoms with E-state index in [2.05, 4.69) is 25.9 Å². The molecule has 2 aromatic carbocycles. The van der Waals surface area contributed by atoms with Crippen molar-refractivity contribution in [2.45, 2.75) is 18.0 Å². The number of aromatic nitrogens is 3. The Morgan fingerprint density at radius 3 is 2.47 bits per heavy atom. The lowest BCUT2D eigenvalue weighted by atomic mass is 10.1. The Kier molecular flexibility index (Phi) is 5.46. The Hall–Kier alpha value is -2.23. The zero-order chi connectivity index (χ0) is 21.6. The van der Waals surface area contributed by atoms with Crippen molar-refractivity contribution >= 4 is 50.4 Å². The Balaban J connectivity index is 1.88. The van der Waals surface area contributed by atoms with Gasteiger partial charge in [0.1, 0.15) is 5.75 Å². The van der Waals surface area contributed by atoms with Crippen LogP contribution in [-0.4, -0.2) is 19.0 Å². The Bertz CT molecular complexity index is 1260. The third kappa shape index (κ3) is 4.01. The maximum atomic E-state index is 12.8. The van der Waals surface area contributed by atoms with Gasteiger partial charge in [0.15, 0.2) is 0 Å². The van der Waals surface area contributed by atoms with Crippen LogP contribution in [0.5, 0.6) is 5.75 Å². The first-order valence-corrected chi connectivity index (χ1v) is 10.5. The van der Waals surface area contributed by atoms with Gasteiger partial charge in [0.25, 0.3) is 0 Å². The molecule has 0 unspecified atom stereocenters. The molecule has 1 N–H and O–H groups in total. The van der Waals surface area contributed by atoms with E-state index in [-0.39, 0.29) is 10.8 Å². The van der Waals surface area contributed by atoms with Crippen molar-refractivity contribution in [3.63, 3.8) is 0 Å². The summed E-state index contributed by atoms with van der Waals surface area (Å²) in [5.41, 5.74) is 2.85. The monoisotopic (exact) mass is 513 g/mol. The highest BCUT2D eigenvalue weighted by Gasteiger charge is 2.34. The van der Waals surface area contributed by atoms with Crippen LogP contribution in [0.15, 0.2) is 58.2 Å². The minimum atomic E-state index is -4.62. The summed E-state index contributed by atoms with van der Waals surface area (Å²) in [6, 6.07) is 10.9. The molecule has 154 valence electrons. The van der Waals surface area contributed by atoms with Crippen LogP contribution >= 0.6 is 39.5 Å². The fourth-order valence-corrected chi connectivity index (χ4v) is 5.04. The Morgan fingerprint density at radius 2 is 1.80 bits per heavy atom. The number of nitrogens with zero attached hydrogens (tertiary/aromatic N) is 3. The number of phenols is 1. The van der Waals surface area contributed by atoms with Gasteiger partial charge in [-0.25, -0.2) is 9.97 Å². The second-order valence-corrected chi connectivity index (χ2v) is 8.82. The molecule has 0 spiro atoms. The molecule has 4 rings (SSSR count). The van der Waals surface area contributed by atoms with Gasteiger partial charge in [-0.1, -0.05) is 39.2 Å². The standard InChI is InChI=1S/C20H12BrClF3N3OS/c1-10-2-3-15-11(4-10)5-16(12-8-26-19(27-9-12)20(23,24)25)28(15)30-17-7-13(21)6-14(22)18(17)29/h2-9,29H,1H3. The lowest BCUT2D eigenvalue weighted by molar-refractivity contribution is -0.144. The summed E-state index contributed by atoms with van der Waals surface area (Å²) < 4.78 is 41.0. The lowest BCUT2D eigenvalue weighted by Gasteiger charge is -2.12. The first-order chi connectivity index (χ1) is 14.1. The average Bonchev–Trinajstić information content (AvgIpc) is 3.02. The van der Waals surface area contributed by atoms with Crippen molar-refractivity contribution in [2.75, 3.05) is 0 Å². The van der Waals surface area contributed by atoms with Crippen LogP contribution in [0.3, 0.4) is 0 Å². The van der Waals surface area contributed by atoms with Crippen molar-refractivity contribution < 1.29 is 18.3 Å². The molecule has 2 heterocycles. The molecule has 0 aliphatic heterocycles. The maximum absolute atomic E-state index is 12.8. The smallest absolute Gasteiger partial charge is 0.451 e. The Labute approximate surface area is 187 Å². The quantitative estimate of drug-likeness (QED) is 0.317. The highest BCUT2D eigenvalue weighted by molar-refractivity contribution is 9.10. The summed E-state index contributed by atoms with van der Waals surface area (Å²) in [5.74, 6) is -1.29. The minimum absolute atomic E-state index is 0.0894. The van der Waals surface area contributed by atoms with Gasteiger partial charge in [0.2, 0.25) is 5.82 Å². The highest BCUT2D eigenvalue weighted by Crippen LogP contribution is 2.42. The molecule has 0 atom stereocenters. The molecule has 0 saturated heterocycles. The molecule has 0 saturated carbocycles. The van der Waals surface area contributed by atoms with E-state index in [1.165, 1.54) is 11.9 Å². The van der Waals surface area contributed by atoms with Crippen LogP contribution in [0, 0.1) is 6.92 Å². The molecule has 4 aromatic rings. The highest BCUT2D eigenvalue weighted by atomic mass is 79.9. The number of hydrogen-bond donors (Lipinski definition) is 1. The van der Waals surface area contributed by atoms with Gasteiger partial charge >= 0.3 is 6.18 Å². The average molecular weight is 515 g/mol. The topological polar surface area (TPSA) is 50.9 Å². The third-order valence-electron chi connectivity index (χ3n) is 4.30. The van der Waals surface area contributed by atoms with Crippen LogP contribution in [0.25, 0.3) is 22.2 Å². The number of halogens is 5. The largest absolute Gasteiger partial charge is 0.505 e. The summed E-state index contributed by atoms with van der Waals surface area (Å²) in [6.45, 7) is 1.95. The number of aryl methyl sites for hydroxylation is 1. The molecule has 30 heavy (non-hydrogen) atoms. The first-order valence-electron chi connectivity index (χ1n) is 8.51. The van der Waals surface area contributed by atoms with Crippen molar-refractivity contribution in [3.05, 3.63) is 69.7 Å². The van der Waals surface area contributed by atoms with Gasteiger partial charge in [-0.05, 0) is 49.2 Å². The predicted octanol–water partition coefficient (Wildman–Crippen LogP) is 7.10. The molecule has 0 bridgehead atoms. The predicted molar refractivity (Wildman–Crippen MR) is 115 cm³/mol. The number of benzene rings is 2. The fraction of sp³-hybridized carbons (Fsp3) is 0.100. The van der Waals surface area contributed by atoms with E-state index in [4.69, 9.17) is 11.6 Å². The van der Waals surface area contributed by atoms with E-state index in [1.807, 2.05) is 31.2 Å². The van der Waals surface area contributed by atoms with Crippen LogP contribution in [-0.2, 0) is 6.18 Å². The van der Waals surface area contributed by atoms with E-state index in [9.17, 15) is 18.3 Å². The second-order valence-electron chi connectivity index (χ2n) is 6.50. The van der Waals surface area contributed by atoms with Crippen LogP contribution in [0.4, 0.5) is 13.2 Å². The van der Waals surface area contributed by atoms with Crippen LogP contribution in [0.1, 0.15) is 11.4 Å². The van der Waals surface area contributed by atoms with Crippen LogP contribution < -0.4 is 0 Å². The molecular formula is C20H12BrClF3N3OS. The number of aromatic hydroxyl groups is 1. The van der Waals surface area contributed by atoms with E-state index in [0.717, 1.165) is 28.9 Å². The van der Waals surface area contributed by atoms with Crippen LogP contribution in [0.2, 0.25) is 5.02 Å². The van der Waals surface area contributed by atoms with Crippen molar-refractivity contribution in [1.29, 1.82) is 0 Å². The lowest BCUT2D eigenvalue weighted by Crippen LogP contribution is -2.10. The van der Waals surface area contributed by atoms with Gasteiger partial charge in [0.05, 0.1) is 21.1 Å². The molecule has 0 fully saturated rings. The number of alkyl halides is 3. The summed E-state index contributed by atoms with van der Waals surface area (Å²) in [5, 5.41) is 11.5. The van der Waals surface area contributed by atoms with Gasteiger partial charge in [0, 0.05) is 27.8 Å². The summed E-state index contributed by atoms with van der Waals surface area (Å²) in [7, 11) is 0. The zero-order valence-electron chi connectivity index (χ0n) is 15.2. The van der Waals surface area contributed by atoms with Gasteiger partial charge in [-0.15, -0.1) is 0 Å². The summed E-state index contributed by atoms with van der Waals surface area (Å²) in [4.78, 5) is 7.42. The van der Waals surface area contributed by atoms with E-state index in [0.29, 0.717) is 20.6 Å². The molecule has 10 heteroatoms. The number of rotatable bonds is 3. The number of fused-ring (bicyclic) bond motifs is 1.